The van der Waals surface area contributed by atoms with Crippen molar-refractivity contribution >= 4 is 24.3 Å². The number of carboxylic acids is 2. The summed E-state index contributed by atoms with van der Waals surface area (Å²) in [6, 6.07) is 0. The Morgan fingerprint density at radius 3 is 2.13 bits per heavy atom. The molecule has 2 N–H and O–H groups in total. The largest absolute Gasteiger partial charge is 0.481 e. The van der Waals surface area contributed by atoms with E-state index in [1.807, 2.05) is 6.92 Å². The van der Waals surface area contributed by atoms with Gasteiger partial charge in [-0.15, -0.1) is 12.4 Å². The van der Waals surface area contributed by atoms with Crippen LogP contribution in [0.3, 0.4) is 0 Å². The Hall–Kier alpha value is -0.810. The number of rotatable bonds is 8. The number of nitrogens with zero attached hydrogens (tertiary/aromatic N) is 1. The standard InChI is InChI=1S/C9H17NO4.ClH/c1-2-5-10(7-9(13)14)6-3-4-8(11)12;/h2-7H2,1H3,(H,11,12)(H,13,14);1H. The smallest absolute Gasteiger partial charge is 0.317 e. The molecule has 0 aromatic carbocycles. The average molecular weight is 240 g/mol. The highest BCUT2D eigenvalue weighted by atomic mass is 35.5. The van der Waals surface area contributed by atoms with E-state index in [9.17, 15) is 9.59 Å². The number of halogens is 1. The van der Waals surface area contributed by atoms with Crippen molar-refractivity contribution in [1.82, 2.24) is 4.90 Å². The average Bonchev–Trinajstić information content (AvgIpc) is 2.02. The van der Waals surface area contributed by atoms with E-state index in [-0.39, 0.29) is 25.4 Å². The summed E-state index contributed by atoms with van der Waals surface area (Å²) in [5.41, 5.74) is 0. The molecule has 0 fully saturated rings. The highest BCUT2D eigenvalue weighted by Gasteiger charge is 2.08. The van der Waals surface area contributed by atoms with E-state index < -0.39 is 11.9 Å². The van der Waals surface area contributed by atoms with Gasteiger partial charge in [0.15, 0.2) is 0 Å². The van der Waals surface area contributed by atoms with E-state index in [2.05, 4.69) is 0 Å². The number of hydrogen-bond donors (Lipinski definition) is 2. The van der Waals surface area contributed by atoms with Crippen LogP contribution < -0.4 is 0 Å². The van der Waals surface area contributed by atoms with E-state index in [1.165, 1.54) is 0 Å². The van der Waals surface area contributed by atoms with Crippen molar-refractivity contribution in [2.75, 3.05) is 19.6 Å². The van der Waals surface area contributed by atoms with Crippen LogP contribution in [0.15, 0.2) is 0 Å². The molecule has 6 heteroatoms. The van der Waals surface area contributed by atoms with Crippen LogP contribution in [0.4, 0.5) is 0 Å². The maximum absolute atomic E-state index is 10.4. The van der Waals surface area contributed by atoms with Gasteiger partial charge in [-0.3, -0.25) is 14.5 Å². The fourth-order valence-corrected chi connectivity index (χ4v) is 1.23. The topological polar surface area (TPSA) is 77.8 Å². The molecular formula is C9H18ClNO4. The van der Waals surface area contributed by atoms with Gasteiger partial charge in [0.1, 0.15) is 0 Å². The Labute approximate surface area is 95.5 Å². The van der Waals surface area contributed by atoms with Gasteiger partial charge < -0.3 is 10.2 Å². The molecule has 0 saturated carbocycles. The van der Waals surface area contributed by atoms with Crippen LogP contribution in [-0.4, -0.2) is 46.7 Å². The molecule has 0 amide bonds. The van der Waals surface area contributed by atoms with Gasteiger partial charge in [0.25, 0.3) is 0 Å². The molecule has 0 radical (unpaired) electrons. The molecule has 0 heterocycles. The Morgan fingerprint density at radius 1 is 1.13 bits per heavy atom. The summed E-state index contributed by atoms with van der Waals surface area (Å²) < 4.78 is 0. The van der Waals surface area contributed by atoms with Gasteiger partial charge in [-0.2, -0.15) is 0 Å². The predicted molar refractivity (Wildman–Crippen MR) is 58.5 cm³/mol. The highest BCUT2D eigenvalue weighted by Crippen LogP contribution is 1.97. The van der Waals surface area contributed by atoms with E-state index in [0.29, 0.717) is 19.5 Å². The van der Waals surface area contributed by atoms with Crippen LogP contribution in [0.2, 0.25) is 0 Å². The molecule has 0 aromatic rings. The number of hydrogen-bond acceptors (Lipinski definition) is 3. The first-order chi connectivity index (χ1) is 6.56. The van der Waals surface area contributed by atoms with Crippen molar-refractivity contribution in [2.45, 2.75) is 26.2 Å². The van der Waals surface area contributed by atoms with Gasteiger partial charge in [-0.25, -0.2) is 0 Å². The van der Waals surface area contributed by atoms with Gasteiger partial charge in [-0.1, -0.05) is 6.92 Å². The lowest BCUT2D eigenvalue weighted by atomic mass is 10.3. The lowest BCUT2D eigenvalue weighted by molar-refractivity contribution is -0.138. The molecule has 0 unspecified atom stereocenters. The molecule has 90 valence electrons. The molecular weight excluding hydrogens is 222 g/mol. The van der Waals surface area contributed by atoms with E-state index in [4.69, 9.17) is 10.2 Å². The van der Waals surface area contributed by atoms with Crippen molar-refractivity contribution < 1.29 is 19.8 Å². The van der Waals surface area contributed by atoms with Crippen LogP contribution in [0.1, 0.15) is 26.2 Å². The van der Waals surface area contributed by atoms with Crippen LogP contribution in [0.25, 0.3) is 0 Å². The van der Waals surface area contributed by atoms with Gasteiger partial charge in [0.05, 0.1) is 6.54 Å². The minimum Gasteiger partial charge on any atom is -0.481 e. The van der Waals surface area contributed by atoms with Crippen molar-refractivity contribution in [3.63, 3.8) is 0 Å². The summed E-state index contributed by atoms with van der Waals surface area (Å²) in [7, 11) is 0. The minimum atomic E-state index is -0.867. The first kappa shape index (κ1) is 16.6. The minimum absolute atomic E-state index is 0. The number of carbonyl (C=O) groups is 2. The number of aliphatic carboxylic acids is 2. The molecule has 0 aliphatic carbocycles. The zero-order chi connectivity index (χ0) is 11.0. The molecule has 0 aromatic heterocycles. The fourth-order valence-electron chi connectivity index (χ4n) is 1.23. The zero-order valence-corrected chi connectivity index (χ0v) is 9.63. The molecule has 0 spiro atoms. The SMILES string of the molecule is CCCN(CCCC(=O)O)CC(=O)O.Cl. The molecule has 0 saturated heterocycles. The normalized spacial score (nSPS) is 9.73. The maximum atomic E-state index is 10.4. The third-order valence-electron chi connectivity index (χ3n) is 1.76. The van der Waals surface area contributed by atoms with E-state index >= 15 is 0 Å². The van der Waals surface area contributed by atoms with Gasteiger partial charge >= 0.3 is 11.9 Å². The van der Waals surface area contributed by atoms with Crippen LogP contribution in [0, 0.1) is 0 Å². The Bertz CT molecular complexity index is 199. The molecule has 0 atom stereocenters. The van der Waals surface area contributed by atoms with Crippen LogP contribution in [-0.2, 0) is 9.59 Å². The summed E-state index contributed by atoms with van der Waals surface area (Å²) in [5.74, 6) is -1.70. The molecule has 5 nitrogen and oxygen atoms in total. The molecule has 0 aliphatic heterocycles. The van der Waals surface area contributed by atoms with Crippen molar-refractivity contribution in [1.29, 1.82) is 0 Å². The Kier molecular flexibility index (Phi) is 10.8. The summed E-state index contributed by atoms with van der Waals surface area (Å²) in [5, 5.41) is 17.0. The van der Waals surface area contributed by atoms with Gasteiger partial charge in [0, 0.05) is 6.42 Å². The van der Waals surface area contributed by atoms with Gasteiger partial charge in [-0.05, 0) is 25.9 Å². The van der Waals surface area contributed by atoms with Crippen molar-refractivity contribution in [2.24, 2.45) is 0 Å². The fraction of sp³-hybridized carbons (Fsp3) is 0.778. The van der Waals surface area contributed by atoms with Gasteiger partial charge in [0.2, 0.25) is 0 Å². The predicted octanol–water partition coefficient (Wildman–Crippen LogP) is 1.07. The third-order valence-corrected chi connectivity index (χ3v) is 1.76. The summed E-state index contributed by atoms with van der Waals surface area (Å²) >= 11 is 0. The second kappa shape index (κ2) is 9.73. The van der Waals surface area contributed by atoms with Crippen LogP contribution >= 0.6 is 12.4 Å². The maximum Gasteiger partial charge on any atom is 0.317 e. The van der Waals surface area contributed by atoms with Crippen molar-refractivity contribution in [3.8, 4) is 0 Å². The Morgan fingerprint density at radius 2 is 1.73 bits per heavy atom. The second-order valence-electron chi connectivity index (χ2n) is 3.17. The monoisotopic (exact) mass is 239 g/mol. The highest BCUT2D eigenvalue weighted by molar-refractivity contribution is 5.85. The number of carboxylic acid groups (broad SMARTS) is 2. The van der Waals surface area contributed by atoms with E-state index in [1.54, 1.807) is 4.90 Å². The Balaban J connectivity index is 0. The first-order valence-electron chi connectivity index (χ1n) is 4.72. The molecule has 15 heavy (non-hydrogen) atoms. The summed E-state index contributed by atoms with van der Waals surface area (Å²) in [6.45, 7) is 3.19. The zero-order valence-electron chi connectivity index (χ0n) is 8.81. The lowest BCUT2D eigenvalue weighted by Crippen LogP contribution is -2.31. The van der Waals surface area contributed by atoms with Crippen LogP contribution in [0.5, 0.6) is 0 Å². The molecule has 0 aliphatic rings. The van der Waals surface area contributed by atoms with Crippen molar-refractivity contribution in [3.05, 3.63) is 0 Å². The molecule has 0 rings (SSSR count). The summed E-state index contributed by atoms with van der Waals surface area (Å²) in [4.78, 5) is 22.4. The quantitative estimate of drug-likeness (QED) is 0.663. The molecule has 0 bridgehead atoms. The van der Waals surface area contributed by atoms with E-state index in [0.717, 1.165) is 6.42 Å². The second-order valence-corrected chi connectivity index (χ2v) is 3.17. The first-order valence-corrected chi connectivity index (χ1v) is 4.72. The third kappa shape index (κ3) is 11.1. The summed E-state index contributed by atoms with van der Waals surface area (Å²) in [6.07, 6.45) is 1.47. The lowest BCUT2D eigenvalue weighted by Gasteiger charge is -2.18.